The fourth-order valence-corrected chi connectivity index (χ4v) is 2.41. The number of thiophene rings is 1. The fraction of sp³-hybridized carbons (Fsp3) is 0.250. The van der Waals surface area contributed by atoms with Gasteiger partial charge in [0, 0.05) is 34.6 Å². The summed E-state index contributed by atoms with van der Waals surface area (Å²) >= 11 is 1.62. The maximum absolute atomic E-state index is 11.0. The summed E-state index contributed by atoms with van der Waals surface area (Å²) in [5, 5.41) is 2.81. The van der Waals surface area contributed by atoms with E-state index in [1.165, 1.54) is 6.92 Å². The van der Waals surface area contributed by atoms with Crippen LogP contribution in [-0.4, -0.2) is 15.9 Å². The molecule has 0 fully saturated rings. The number of carbonyl (C=O) groups excluding carboxylic acids is 1. The Morgan fingerprint density at radius 3 is 2.53 bits per heavy atom. The largest absolute Gasteiger partial charge is 0.325 e. The van der Waals surface area contributed by atoms with Crippen LogP contribution in [0.3, 0.4) is 0 Å². The Balaban J connectivity index is 2.34. The molecule has 1 amide bonds. The molecule has 4 nitrogen and oxygen atoms in total. The lowest BCUT2D eigenvalue weighted by Gasteiger charge is -1.98. The van der Waals surface area contributed by atoms with Crippen LogP contribution < -0.4 is 5.32 Å². The van der Waals surface area contributed by atoms with Crippen LogP contribution in [0, 0.1) is 13.8 Å². The zero-order valence-electron chi connectivity index (χ0n) is 9.94. The zero-order chi connectivity index (χ0) is 12.4. The number of rotatable bonds is 2. The van der Waals surface area contributed by atoms with Gasteiger partial charge in [-0.1, -0.05) is 0 Å². The molecule has 0 radical (unpaired) electrons. The van der Waals surface area contributed by atoms with E-state index in [0.717, 1.165) is 26.8 Å². The lowest BCUT2D eigenvalue weighted by atomic mass is 10.2. The van der Waals surface area contributed by atoms with Gasteiger partial charge in [-0.05, 0) is 19.9 Å². The Morgan fingerprint density at radius 2 is 1.94 bits per heavy atom. The van der Waals surface area contributed by atoms with Crippen molar-refractivity contribution in [1.82, 2.24) is 9.97 Å². The predicted molar refractivity (Wildman–Crippen MR) is 69.1 cm³/mol. The normalized spacial score (nSPS) is 10.3. The first kappa shape index (κ1) is 11.7. The molecule has 2 rings (SSSR count). The van der Waals surface area contributed by atoms with Gasteiger partial charge in [0.25, 0.3) is 0 Å². The first-order valence-corrected chi connectivity index (χ1v) is 6.05. The van der Waals surface area contributed by atoms with Crippen molar-refractivity contribution in [3.8, 4) is 10.4 Å². The average molecular weight is 247 g/mol. The molecule has 0 aliphatic rings. The molecule has 0 atom stereocenters. The van der Waals surface area contributed by atoms with E-state index in [1.807, 2.05) is 19.9 Å². The number of hydrogen-bond donors (Lipinski definition) is 1. The summed E-state index contributed by atoms with van der Waals surface area (Å²) in [7, 11) is 0. The molecule has 0 aliphatic heterocycles. The molecule has 88 valence electrons. The molecular formula is C12H13N3OS. The molecule has 0 saturated heterocycles. The molecule has 2 aromatic heterocycles. The highest BCUT2D eigenvalue weighted by Gasteiger charge is 2.08. The van der Waals surface area contributed by atoms with Crippen molar-refractivity contribution in [3.05, 3.63) is 29.2 Å². The van der Waals surface area contributed by atoms with Crippen LogP contribution in [0.5, 0.6) is 0 Å². The van der Waals surface area contributed by atoms with Gasteiger partial charge < -0.3 is 5.32 Å². The van der Waals surface area contributed by atoms with E-state index in [0.29, 0.717) is 0 Å². The Labute approximate surface area is 104 Å². The first-order valence-electron chi connectivity index (χ1n) is 5.23. The number of amides is 1. The predicted octanol–water partition coefficient (Wildman–Crippen LogP) is 2.78. The van der Waals surface area contributed by atoms with Crippen molar-refractivity contribution >= 4 is 22.9 Å². The molecule has 0 aromatic carbocycles. The Kier molecular flexibility index (Phi) is 3.19. The second-order valence-corrected chi connectivity index (χ2v) is 5.04. The summed E-state index contributed by atoms with van der Waals surface area (Å²) in [4.78, 5) is 21.5. The molecule has 2 aromatic rings. The quantitative estimate of drug-likeness (QED) is 0.887. The number of aryl methyl sites for hydroxylation is 2. The molecule has 2 heterocycles. The van der Waals surface area contributed by atoms with Gasteiger partial charge in [-0.25, -0.2) is 9.97 Å². The maximum atomic E-state index is 11.0. The smallest absolute Gasteiger partial charge is 0.221 e. The van der Waals surface area contributed by atoms with E-state index in [-0.39, 0.29) is 5.91 Å². The third-order valence-electron chi connectivity index (χ3n) is 2.29. The summed E-state index contributed by atoms with van der Waals surface area (Å²) in [5.74, 6) is 0.696. The molecular weight excluding hydrogens is 234 g/mol. The first-order chi connectivity index (χ1) is 8.06. The van der Waals surface area contributed by atoms with E-state index in [9.17, 15) is 4.79 Å². The van der Waals surface area contributed by atoms with Crippen molar-refractivity contribution in [2.75, 3.05) is 5.32 Å². The highest BCUT2D eigenvalue weighted by atomic mass is 32.1. The van der Waals surface area contributed by atoms with E-state index in [1.54, 1.807) is 23.7 Å². The molecule has 5 heteroatoms. The van der Waals surface area contributed by atoms with Crippen LogP contribution >= 0.6 is 11.3 Å². The average Bonchev–Trinajstić information content (AvgIpc) is 2.60. The second-order valence-electron chi connectivity index (χ2n) is 3.78. The lowest BCUT2D eigenvalue weighted by Crippen LogP contribution is -2.05. The highest BCUT2D eigenvalue weighted by molar-refractivity contribution is 7.16. The third-order valence-corrected chi connectivity index (χ3v) is 3.39. The summed E-state index contributed by atoms with van der Waals surface area (Å²) in [6.45, 7) is 5.34. The van der Waals surface area contributed by atoms with Crippen molar-refractivity contribution in [1.29, 1.82) is 0 Å². The summed E-state index contributed by atoms with van der Waals surface area (Å²) in [6, 6.07) is 1.95. The summed E-state index contributed by atoms with van der Waals surface area (Å²) in [5.41, 5.74) is 1.83. The molecule has 0 bridgehead atoms. The van der Waals surface area contributed by atoms with Gasteiger partial charge >= 0.3 is 0 Å². The molecule has 0 aliphatic carbocycles. The minimum Gasteiger partial charge on any atom is -0.325 e. The van der Waals surface area contributed by atoms with Crippen LogP contribution in [0.1, 0.15) is 17.6 Å². The topological polar surface area (TPSA) is 54.9 Å². The van der Waals surface area contributed by atoms with Crippen molar-refractivity contribution in [2.45, 2.75) is 20.8 Å². The van der Waals surface area contributed by atoms with Crippen LogP contribution in [-0.2, 0) is 4.79 Å². The van der Waals surface area contributed by atoms with Crippen LogP contribution in [0.15, 0.2) is 18.5 Å². The third kappa shape index (κ3) is 2.68. The fourth-order valence-electron chi connectivity index (χ4n) is 1.46. The van der Waals surface area contributed by atoms with E-state index < -0.39 is 0 Å². The summed E-state index contributed by atoms with van der Waals surface area (Å²) in [6.07, 6.45) is 3.59. The second kappa shape index (κ2) is 4.63. The number of hydrogen-bond acceptors (Lipinski definition) is 4. The van der Waals surface area contributed by atoms with Gasteiger partial charge in [-0.2, -0.15) is 0 Å². The van der Waals surface area contributed by atoms with Crippen molar-refractivity contribution in [3.63, 3.8) is 0 Å². The minimum atomic E-state index is -0.0578. The van der Waals surface area contributed by atoms with Gasteiger partial charge in [-0.15, -0.1) is 11.3 Å². The van der Waals surface area contributed by atoms with Crippen LogP contribution in [0.4, 0.5) is 5.69 Å². The Hall–Kier alpha value is -1.75. The maximum Gasteiger partial charge on any atom is 0.221 e. The number of nitrogens with zero attached hydrogens (tertiary/aromatic N) is 2. The van der Waals surface area contributed by atoms with Gasteiger partial charge in [0.15, 0.2) is 0 Å². The number of carbonyl (C=O) groups is 1. The highest BCUT2D eigenvalue weighted by Crippen LogP contribution is 2.33. The van der Waals surface area contributed by atoms with Crippen molar-refractivity contribution < 1.29 is 4.79 Å². The van der Waals surface area contributed by atoms with Crippen molar-refractivity contribution in [2.24, 2.45) is 0 Å². The van der Waals surface area contributed by atoms with Gasteiger partial charge in [-0.3, -0.25) is 4.79 Å². The molecule has 0 spiro atoms. The molecule has 17 heavy (non-hydrogen) atoms. The zero-order valence-corrected chi connectivity index (χ0v) is 10.8. The lowest BCUT2D eigenvalue weighted by molar-refractivity contribution is -0.114. The Morgan fingerprint density at radius 1 is 1.29 bits per heavy atom. The monoisotopic (exact) mass is 247 g/mol. The van der Waals surface area contributed by atoms with Gasteiger partial charge in [0.05, 0.1) is 5.69 Å². The van der Waals surface area contributed by atoms with Crippen LogP contribution in [0.25, 0.3) is 10.4 Å². The van der Waals surface area contributed by atoms with Gasteiger partial charge in [0.2, 0.25) is 5.91 Å². The number of nitrogens with one attached hydrogen (secondary N) is 1. The number of aromatic nitrogens is 2. The van der Waals surface area contributed by atoms with E-state index >= 15 is 0 Å². The number of anilines is 1. The SMILES string of the molecule is CC(=O)Nc1cc(-c2cnc(C)nc2)sc1C. The minimum absolute atomic E-state index is 0.0578. The summed E-state index contributed by atoms with van der Waals surface area (Å²) < 4.78 is 0. The Bertz CT molecular complexity index is 545. The van der Waals surface area contributed by atoms with E-state index in [4.69, 9.17) is 0 Å². The van der Waals surface area contributed by atoms with Crippen LogP contribution in [0.2, 0.25) is 0 Å². The van der Waals surface area contributed by atoms with Gasteiger partial charge in [0.1, 0.15) is 5.82 Å². The standard InChI is InChI=1S/C12H13N3OS/c1-7-11(15-9(3)16)4-12(17-7)10-5-13-8(2)14-6-10/h4-6H,1-3H3,(H,15,16). The van der Waals surface area contributed by atoms with E-state index in [2.05, 4.69) is 15.3 Å². The molecule has 0 saturated carbocycles. The molecule has 0 unspecified atom stereocenters. The molecule has 1 N–H and O–H groups in total.